The molecule has 0 unspecified atom stereocenters. The Balaban J connectivity index is 0.00000261. The molecule has 0 radical (unpaired) electrons. The van der Waals surface area contributed by atoms with Gasteiger partial charge >= 0.3 is 0 Å². The zero-order valence-electron chi connectivity index (χ0n) is 14.6. The summed E-state index contributed by atoms with van der Waals surface area (Å²) in [6.45, 7) is 1.72. The molecule has 0 aliphatic carbocycles. The molecule has 2 N–H and O–H groups in total. The van der Waals surface area contributed by atoms with Crippen molar-refractivity contribution >= 4 is 29.9 Å². The quantitative estimate of drug-likeness (QED) is 0.808. The highest BCUT2D eigenvalue weighted by Gasteiger charge is 2.25. The number of hydrogen-bond donors (Lipinski definition) is 1. The molecule has 8 heteroatoms. The Labute approximate surface area is 163 Å². The van der Waals surface area contributed by atoms with E-state index in [9.17, 15) is 14.0 Å². The van der Waals surface area contributed by atoms with Gasteiger partial charge in [0, 0.05) is 37.4 Å². The summed E-state index contributed by atoms with van der Waals surface area (Å²) < 4.78 is 18.2. The van der Waals surface area contributed by atoms with Crippen LogP contribution in [0, 0.1) is 5.82 Å². The van der Waals surface area contributed by atoms with Crippen molar-refractivity contribution in [3.63, 3.8) is 0 Å². The summed E-state index contributed by atoms with van der Waals surface area (Å²) in [5.41, 5.74) is 6.83. The molecular weight excluding hydrogens is 373 g/mol. The molecule has 0 atom stereocenters. The second kappa shape index (κ2) is 9.23. The van der Waals surface area contributed by atoms with Gasteiger partial charge in [-0.2, -0.15) is 0 Å². The average Bonchev–Trinajstić information content (AvgIpc) is 2.67. The van der Waals surface area contributed by atoms with E-state index in [4.69, 9.17) is 10.5 Å². The summed E-state index contributed by atoms with van der Waals surface area (Å²) in [7, 11) is 0. The van der Waals surface area contributed by atoms with Gasteiger partial charge in [0.25, 0.3) is 11.8 Å². The second-order valence-corrected chi connectivity index (χ2v) is 6.04. The van der Waals surface area contributed by atoms with Gasteiger partial charge in [-0.1, -0.05) is 0 Å². The van der Waals surface area contributed by atoms with Gasteiger partial charge in [0.1, 0.15) is 11.6 Å². The molecule has 27 heavy (non-hydrogen) atoms. The summed E-state index contributed by atoms with van der Waals surface area (Å²) in [4.78, 5) is 28.1. The summed E-state index contributed by atoms with van der Waals surface area (Å²) in [6.07, 6.45) is 0. The molecule has 0 spiro atoms. The van der Waals surface area contributed by atoms with Gasteiger partial charge in [-0.05, 0) is 48.5 Å². The van der Waals surface area contributed by atoms with Crippen LogP contribution in [0.5, 0.6) is 5.75 Å². The van der Waals surface area contributed by atoms with E-state index < -0.39 is 0 Å². The van der Waals surface area contributed by atoms with E-state index in [1.54, 1.807) is 34.1 Å². The molecule has 0 aromatic heterocycles. The van der Waals surface area contributed by atoms with Gasteiger partial charge in [0.05, 0.1) is 0 Å². The van der Waals surface area contributed by atoms with Crippen molar-refractivity contribution < 1.29 is 18.7 Å². The van der Waals surface area contributed by atoms with Crippen LogP contribution in [0.2, 0.25) is 0 Å². The number of piperazine rings is 1. The van der Waals surface area contributed by atoms with Gasteiger partial charge in [-0.25, -0.2) is 4.39 Å². The molecule has 6 nitrogen and oxygen atoms in total. The zero-order valence-corrected chi connectivity index (χ0v) is 15.5. The molecule has 144 valence electrons. The van der Waals surface area contributed by atoms with Crippen molar-refractivity contribution in [1.82, 2.24) is 9.80 Å². The molecule has 2 aromatic carbocycles. The fourth-order valence-corrected chi connectivity index (χ4v) is 2.73. The molecule has 1 fully saturated rings. The first-order chi connectivity index (χ1) is 12.5. The number of nitrogen functional groups attached to an aromatic ring is 1. The van der Waals surface area contributed by atoms with Gasteiger partial charge in [-0.3, -0.25) is 9.59 Å². The number of carbonyl (C=O) groups is 2. The standard InChI is InChI=1S/C19H20FN3O3.ClH/c20-15-3-7-17(8-4-15)26-13-18(24)22-9-11-23(12-10-22)19(25)14-1-5-16(21)6-2-14;/h1-8H,9-13,21H2;1H. The van der Waals surface area contributed by atoms with E-state index in [2.05, 4.69) is 0 Å². The first-order valence-corrected chi connectivity index (χ1v) is 8.34. The fraction of sp³-hybridized carbons (Fsp3) is 0.263. The molecule has 1 heterocycles. The Bertz CT molecular complexity index is 776. The molecule has 1 aliphatic rings. The monoisotopic (exact) mass is 393 g/mol. The first-order valence-electron chi connectivity index (χ1n) is 8.34. The maximum atomic E-state index is 12.9. The topological polar surface area (TPSA) is 75.9 Å². The Morgan fingerprint density at radius 2 is 1.48 bits per heavy atom. The molecule has 1 saturated heterocycles. The Hall–Kier alpha value is -2.80. The zero-order chi connectivity index (χ0) is 18.5. The minimum Gasteiger partial charge on any atom is -0.484 e. The number of ether oxygens (including phenoxy) is 1. The number of nitrogens with zero attached hydrogens (tertiary/aromatic N) is 2. The van der Waals surface area contributed by atoms with Crippen LogP contribution in [0.25, 0.3) is 0 Å². The predicted octanol–water partition coefficient (Wildman–Crippen LogP) is 2.19. The van der Waals surface area contributed by atoms with Crippen LogP contribution in [0.3, 0.4) is 0 Å². The lowest BCUT2D eigenvalue weighted by Crippen LogP contribution is -2.51. The van der Waals surface area contributed by atoms with Crippen molar-refractivity contribution in [2.75, 3.05) is 38.5 Å². The lowest BCUT2D eigenvalue weighted by Gasteiger charge is -2.34. The van der Waals surface area contributed by atoms with Crippen LogP contribution >= 0.6 is 12.4 Å². The number of amides is 2. The first kappa shape index (κ1) is 20.5. The van der Waals surface area contributed by atoms with Crippen molar-refractivity contribution in [2.24, 2.45) is 0 Å². The van der Waals surface area contributed by atoms with Crippen molar-refractivity contribution in [2.45, 2.75) is 0 Å². The van der Waals surface area contributed by atoms with Gasteiger partial charge in [0.2, 0.25) is 0 Å². The van der Waals surface area contributed by atoms with Gasteiger partial charge in [-0.15, -0.1) is 12.4 Å². The number of hydrogen-bond acceptors (Lipinski definition) is 4. The number of benzene rings is 2. The smallest absolute Gasteiger partial charge is 0.260 e. The number of nitrogens with two attached hydrogens (primary N) is 1. The molecule has 2 aromatic rings. The number of halogens is 2. The highest BCUT2D eigenvalue weighted by atomic mass is 35.5. The highest BCUT2D eigenvalue weighted by Crippen LogP contribution is 2.13. The molecule has 0 bridgehead atoms. The van der Waals surface area contributed by atoms with Crippen LogP contribution in [0.15, 0.2) is 48.5 Å². The Kier molecular flexibility index (Phi) is 7.01. The molecule has 1 aliphatic heterocycles. The largest absolute Gasteiger partial charge is 0.484 e. The van der Waals surface area contributed by atoms with Crippen molar-refractivity contribution in [3.8, 4) is 5.75 Å². The highest BCUT2D eigenvalue weighted by molar-refractivity contribution is 5.94. The average molecular weight is 394 g/mol. The van der Waals surface area contributed by atoms with E-state index in [1.807, 2.05) is 0 Å². The summed E-state index contributed by atoms with van der Waals surface area (Å²) >= 11 is 0. The SMILES string of the molecule is Cl.Nc1ccc(C(=O)N2CCN(C(=O)COc3ccc(F)cc3)CC2)cc1. The van der Waals surface area contributed by atoms with Crippen LogP contribution in [-0.4, -0.2) is 54.4 Å². The van der Waals surface area contributed by atoms with Crippen LogP contribution < -0.4 is 10.5 Å². The summed E-state index contributed by atoms with van der Waals surface area (Å²) in [5, 5.41) is 0. The third-order valence-electron chi connectivity index (χ3n) is 4.25. The van der Waals surface area contributed by atoms with E-state index in [1.165, 1.54) is 24.3 Å². The number of anilines is 1. The molecule has 2 amide bonds. The molecule has 0 saturated carbocycles. The van der Waals surface area contributed by atoms with E-state index in [0.29, 0.717) is 43.2 Å². The molecular formula is C19H21ClFN3O3. The Morgan fingerprint density at radius 3 is 2.07 bits per heavy atom. The number of carbonyl (C=O) groups excluding carboxylic acids is 2. The lowest BCUT2D eigenvalue weighted by molar-refractivity contribution is -0.134. The number of rotatable bonds is 4. The minimum absolute atomic E-state index is 0. The maximum Gasteiger partial charge on any atom is 0.260 e. The van der Waals surface area contributed by atoms with Crippen LogP contribution in [-0.2, 0) is 4.79 Å². The predicted molar refractivity (Wildman–Crippen MR) is 102 cm³/mol. The normalized spacial score (nSPS) is 13.7. The van der Waals surface area contributed by atoms with Crippen LogP contribution in [0.1, 0.15) is 10.4 Å². The second-order valence-electron chi connectivity index (χ2n) is 6.04. The van der Waals surface area contributed by atoms with Gasteiger partial charge < -0.3 is 20.3 Å². The van der Waals surface area contributed by atoms with Gasteiger partial charge in [0.15, 0.2) is 6.61 Å². The van der Waals surface area contributed by atoms with E-state index >= 15 is 0 Å². The Morgan fingerprint density at radius 1 is 0.926 bits per heavy atom. The lowest BCUT2D eigenvalue weighted by atomic mass is 10.1. The van der Waals surface area contributed by atoms with Crippen molar-refractivity contribution in [1.29, 1.82) is 0 Å². The van der Waals surface area contributed by atoms with E-state index in [-0.39, 0.29) is 36.6 Å². The third-order valence-corrected chi connectivity index (χ3v) is 4.25. The summed E-state index contributed by atoms with van der Waals surface area (Å²) in [6, 6.07) is 12.3. The third kappa shape index (κ3) is 5.34. The molecule has 3 rings (SSSR count). The minimum atomic E-state index is -0.356. The van der Waals surface area contributed by atoms with Crippen molar-refractivity contribution in [3.05, 3.63) is 59.9 Å². The maximum absolute atomic E-state index is 12.9. The van der Waals surface area contributed by atoms with E-state index in [0.717, 1.165) is 0 Å². The van der Waals surface area contributed by atoms with Crippen LogP contribution in [0.4, 0.5) is 10.1 Å². The fourth-order valence-electron chi connectivity index (χ4n) is 2.73. The summed E-state index contributed by atoms with van der Waals surface area (Å²) in [5.74, 6) is -0.143.